The predicted octanol–water partition coefficient (Wildman–Crippen LogP) is 1.41. The molecule has 1 aromatic rings. The smallest absolute Gasteiger partial charge is 0.305 e. The molecule has 0 saturated heterocycles. The van der Waals surface area contributed by atoms with Crippen molar-refractivity contribution < 1.29 is 19.8 Å². The number of hydrogen-bond acceptors (Lipinski definition) is 4. The molecular weight excluding hydrogens is 248 g/mol. The van der Waals surface area contributed by atoms with Gasteiger partial charge in [-0.1, -0.05) is 20.8 Å². The van der Waals surface area contributed by atoms with E-state index < -0.39 is 23.3 Å². The number of aromatic hydroxyl groups is 1. The first-order chi connectivity index (χ1) is 8.71. The van der Waals surface area contributed by atoms with Gasteiger partial charge in [-0.15, -0.1) is 0 Å². The molecule has 1 atom stereocenters. The van der Waals surface area contributed by atoms with Crippen LogP contribution in [0.2, 0.25) is 0 Å². The Labute approximate surface area is 111 Å². The lowest BCUT2D eigenvalue weighted by Crippen LogP contribution is -2.45. The van der Waals surface area contributed by atoms with Gasteiger partial charge >= 0.3 is 5.97 Å². The van der Waals surface area contributed by atoms with Gasteiger partial charge in [0.1, 0.15) is 5.75 Å². The first-order valence-electron chi connectivity index (χ1n) is 5.87. The number of carboxylic acids is 1. The van der Waals surface area contributed by atoms with Crippen molar-refractivity contribution in [3.63, 3.8) is 0 Å². The summed E-state index contributed by atoms with van der Waals surface area (Å²) in [5.41, 5.74) is -0.328. The number of carbonyl (C=O) groups is 2. The van der Waals surface area contributed by atoms with Gasteiger partial charge in [-0.25, -0.2) is 0 Å². The van der Waals surface area contributed by atoms with E-state index >= 15 is 0 Å². The summed E-state index contributed by atoms with van der Waals surface area (Å²) in [5, 5.41) is 21.1. The number of nitrogens with one attached hydrogen (secondary N) is 1. The Morgan fingerprint density at radius 1 is 1.42 bits per heavy atom. The third-order valence-electron chi connectivity index (χ3n) is 2.77. The van der Waals surface area contributed by atoms with Gasteiger partial charge in [0.2, 0.25) is 0 Å². The molecule has 19 heavy (non-hydrogen) atoms. The molecule has 6 nitrogen and oxygen atoms in total. The molecule has 0 spiro atoms. The zero-order valence-electron chi connectivity index (χ0n) is 11.2. The molecule has 0 aliphatic rings. The molecule has 0 saturated carbocycles. The molecule has 104 valence electrons. The third-order valence-corrected chi connectivity index (χ3v) is 2.77. The Morgan fingerprint density at radius 2 is 2.05 bits per heavy atom. The van der Waals surface area contributed by atoms with Crippen LogP contribution in [-0.4, -0.2) is 33.1 Å². The summed E-state index contributed by atoms with van der Waals surface area (Å²) in [7, 11) is 0. The molecule has 1 amide bonds. The van der Waals surface area contributed by atoms with Crippen LogP contribution in [-0.2, 0) is 4.79 Å². The lowest BCUT2D eigenvalue weighted by Gasteiger charge is -2.30. The average molecular weight is 266 g/mol. The van der Waals surface area contributed by atoms with Gasteiger partial charge in [0.05, 0.1) is 18.2 Å². The standard InChI is InChI=1S/C13H18N2O4/c1-13(2,3)10(6-11(17)18)15-12(19)8-4-5-14-7-9(8)16/h4-5,7,10,16H,6H2,1-3H3,(H,15,19)(H,17,18). The van der Waals surface area contributed by atoms with Crippen LogP contribution in [0.3, 0.4) is 0 Å². The lowest BCUT2D eigenvalue weighted by molar-refractivity contribution is -0.138. The van der Waals surface area contributed by atoms with E-state index in [4.69, 9.17) is 5.11 Å². The molecule has 0 aliphatic heterocycles. The summed E-state index contributed by atoms with van der Waals surface area (Å²) < 4.78 is 0. The Kier molecular flexibility index (Phi) is 4.47. The van der Waals surface area contributed by atoms with Crippen LogP contribution < -0.4 is 5.32 Å². The molecular formula is C13H18N2O4. The number of pyridine rings is 1. The highest BCUT2D eigenvalue weighted by atomic mass is 16.4. The number of carboxylic acid groups (broad SMARTS) is 1. The van der Waals surface area contributed by atoms with E-state index in [1.165, 1.54) is 12.3 Å². The van der Waals surface area contributed by atoms with E-state index in [0.717, 1.165) is 6.20 Å². The van der Waals surface area contributed by atoms with E-state index in [1.807, 2.05) is 20.8 Å². The summed E-state index contributed by atoms with van der Waals surface area (Å²) in [6.45, 7) is 5.52. The maximum absolute atomic E-state index is 12.0. The van der Waals surface area contributed by atoms with Crippen molar-refractivity contribution in [2.45, 2.75) is 33.2 Å². The van der Waals surface area contributed by atoms with Crippen LogP contribution in [0.4, 0.5) is 0 Å². The van der Waals surface area contributed by atoms with Crippen LogP contribution in [0, 0.1) is 5.41 Å². The number of aromatic nitrogens is 1. The van der Waals surface area contributed by atoms with Gasteiger partial charge in [0.15, 0.2) is 0 Å². The first-order valence-corrected chi connectivity index (χ1v) is 5.87. The Hall–Kier alpha value is -2.11. The third kappa shape index (κ3) is 4.24. The highest BCUT2D eigenvalue weighted by molar-refractivity contribution is 5.97. The summed E-state index contributed by atoms with van der Waals surface area (Å²) in [4.78, 5) is 26.5. The van der Waals surface area contributed by atoms with Crippen LogP contribution >= 0.6 is 0 Å². The van der Waals surface area contributed by atoms with Crippen LogP contribution in [0.1, 0.15) is 37.6 Å². The van der Waals surface area contributed by atoms with Crippen molar-refractivity contribution in [2.75, 3.05) is 0 Å². The molecule has 3 N–H and O–H groups in total. The molecule has 0 aromatic carbocycles. The fourth-order valence-electron chi connectivity index (χ4n) is 1.56. The van der Waals surface area contributed by atoms with Crippen molar-refractivity contribution in [1.82, 2.24) is 10.3 Å². The van der Waals surface area contributed by atoms with Crippen molar-refractivity contribution in [2.24, 2.45) is 5.41 Å². The number of amides is 1. The number of hydrogen-bond donors (Lipinski definition) is 3. The normalized spacial score (nSPS) is 12.8. The first kappa shape index (κ1) is 14.9. The topological polar surface area (TPSA) is 99.5 Å². The zero-order chi connectivity index (χ0) is 14.6. The van der Waals surface area contributed by atoms with Gasteiger partial charge in [-0.2, -0.15) is 0 Å². The number of aliphatic carboxylic acids is 1. The predicted molar refractivity (Wildman–Crippen MR) is 68.9 cm³/mol. The molecule has 1 aromatic heterocycles. The van der Waals surface area contributed by atoms with Gasteiger partial charge in [0.25, 0.3) is 5.91 Å². The number of carbonyl (C=O) groups excluding carboxylic acids is 1. The van der Waals surface area contributed by atoms with E-state index in [1.54, 1.807) is 0 Å². The summed E-state index contributed by atoms with van der Waals surface area (Å²) in [6, 6.07) is 0.843. The van der Waals surface area contributed by atoms with Crippen molar-refractivity contribution in [3.8, 4) is 5.75 Å². The second-order valence-electron chi connectivity index (χ2n) is 5.38. The van der Waals surface area contributed by atoms with Gasteiger partial charge in [-0.3, -0.25) is 14.6 Å². The lowest BCUT2D eigenvalue weighted by atomic mass is 9.84. The van der Waals surface area contributed by atoms with E-state index in [2.05, 4.69) is 10.3 Å². The summed E-state index contributed by atoms with van der Waals surface area (Å²) >= 11 is 0. The molecule has 1 unspecified atom stereocenters. The highest BCUT2D eigenvalue weighted by Gasteiger charge is 2.29. The van der Waals surface area contributed by atoms with Gasteiger partial charge in [0, 0.05) is 12.2 Å². The Morgan fingerprint density at radius 3 is 2.53 bits per heavy atom. The molecule has 0 fully saturated rings. The fraction of sp³-hybridized carbons (Fsp3) is 0.462. The molecule has 1 rings (SSSR count). The summed E-state index contributed by atoms with van der Waals surface area (Å²) in [5.74, 6) is -1.73. The maximum atomic E-state index is 12.0. The van der Waals surface area contributed by atoms with Gasteiger partial charge < -0.3 is 15.5 Å². The SMILES string of the molecule is CC(C)(C)C(CC(=O)O)NC(=O)c1ccncc1O. The zero-order valence-corrected chi connectivity index (χ0v) is 11.2. The van der Waals surface area contributed by atoms with E-state index in [9.17, 15) is 14.7 Å². The second-order valence-corrected chi connectivity index (χ2v) is 5.38. The van der Waals surface area contributed by atoms with Crippen molar-refractivity contribution in [3.05, 3.63) is 24.0 Å². The fourth-order valence-corrected chi connectivity index (χ4v) is 1.56. The van der Waals surface area contributed by atoms with Crippen LogP contribution in [0.25, 0.3) is 0 Å². The summed E-state index contributed by atoms with van der Waals surface area (Å²) in [6.07, 6.45) is 2.37. The monoisotopic (exact) mass is 266 g/mol. The molecule has 0 aliphatic carbocycles. The Bertz CT molecular complexity index is 480. The number of nitrogens with zero attached hydrogens (tertiary/aromatic N) is 1. The number of rotatable bonds is 4. The minimum atomic E-state index is -0.987. The van der Waals surface area contributed by atoms with E-state index in [0.29, 0.717) is 0 Å². The quantitative estimate of drug-likeness (QED) is 0.765. The Balaban J connectivity index is 2.88. The largest absolute Gasteiger partial charge is 0.505 e. The van der Waals surface area contributed by atoms with Crippen molar-refractivity contribution in [1.29, 1.82) is 0 Å². The van der Waals surface area contributed by atoms with E-state index in [-0.39, 0.29) is 17.7 Å². The van der Waals surface area contributed by atoms with Crippen LogP contribution in [0.15, 0.2) is 18.5 Å². The molecule has 0 radical (unpaired) electrons. The molecule has 1 heterocycles. The van der Waals surface area contributed by atoms with Crippen LogP contribution in [0.5, 0.6) is 5.75 Å². The molecule has 0 bridgehead atoms. The maximum Gasteiger partial charge on any atom is 0.305 e. The van der Waals surface area contributed by atoms with Gasteiger partial charge in [-0.05, 0) is 11.5 Å². The average Bonchev–Trinajstić information content (AvgIpc) is 2.26. The van der Waals surface area contributed by atoms with Crippen molar-refractivity contribution >= 4 is 11.9 Å². The second kappa shape index (κ2) is 5.69. The highest BCUT2D eigenvalue weighted by Crippen LogP contribution is 2.23. The minimum absolute atomic E-state index is 0.0784. The minimum Gasteiger partial charge on any atom is -0.505 e. The molecule has 6 heteroatoms.